The highest BCUT2D eigenvalue weighted by atomic mass is 127. The molecule has 1 saturated heterocycles. The number of urea groups is 1. The molecule has 3 amide bonds. The van der Waals surface area contributed by atoms with Crippen LogP contribution in [0.15, 0.2) is 42.1 Å². The number of rotatable bonds is 6. The first-order valence-electron chi connectivity index (χ1n) is 8.58. The molecule has 7 nitrogen and oxygen atoms in total. The van der Waals surface area contributed by atoms with Gasteiger partial charge in [-0.05, 0) is 93.6 Å². The van der Waals surface area contributed by atoms with Crippen molar-refractivity contribution >= 4 is 69.2 Å². The molecule has 2 N–H and O–H groups in total. The minimum Gasteiger partial charge on any atom is -0.487 e. The molecular weight excluding hydrogens is 602 g/mol. The zero-order chi connectivity index (χ0) is 21.1. The van der Waals surface area contributed by atoms with Gasteiger partial charge in [0.2, 0.25) is 0 Å². The van der Waals surface area contributed by atoms with Gasteiger partial charge in [0.05, 0.1) is 12.7 Å². The minimum atomic E-state index is -0.967. The number of carbonyl (C=O) groups is 3. The molecule has 2 aromatic carbocycles. The number of likely N-dealkylation sites (N-methyl/N-ethyl adjacent to an activating group) is 1. The second kappa shape index (κ2) is 9.11. The van der Waals surface area contributed by atoms with E-state index >= 15 is 0 Å². The van der Waals surface area contributed by atoms with E-state index in [0.717, 1.165) is 23.2 Å². The van der Waals surface area contributed by atoms with Crippen LogP contribution in [0.4, 0.5) is 4.79 Å². The topological polar surface area (TPSA) is 95.9 Å². The molecule has 0 radical (unpaired) electrons. The summed E-state index contributed by atoms with van der Waals surface area (Å²) in [5.74, 6) is -0.606. The normalized spacial score (nSPS) is 15.0. The molecule has 2 aromatic rings. The molecule has 150 valence electrons. The Labute approximate surface area is 194 Å². The van der Waals surface area contributed by atoms with Gasteiger partial charge in [0.15, 0.2) is 0 Å². The van der Waals surface area contributed by atoms with Gasteiger partial charge < -0.3 is 15.2 Å². The van der Waals surface area contributed by atoms with Gasteiger partial charge in [0.1, 0.15) is 18.1 Å². The smallest absolute Gasteiger partial charge is 0.335 e. The number of ether oxygens (including phenoxy) is 1. The lowest BCUT2D eigenvalue weighted by Gasteiger charge is -2.12. The van der Waals surface area contributed by atoms with E-state index in [9.17, 15) is 14.4 Å². The average Bonchev–Trinajstić information content (AvgIpc) is 2.94. The predicted octanol–water partition coefficient (Wildman–Crippen LogP) is 4.09. The van der Waals surface area contributed by atoms with Crippen LogP contribution in [0, 0.1) is 7.14 Å². The summed E-state index contributed by atoms with van der Waals surface area (Å²) in [4.78, 5) is 36.1. The summed E-state index contributed by atoms with van der Waals surface area (Å²) >= 11 is 4.31. The van der Waals surface area contributed by atoms with Gasteiger partial charge in [-0.25, -0.2) is 9.59 Å². The molecule has 1 aliphatic rings. The number of aromatic carboxylic acids is 1. The fourth-order valence-corrected chi connectivity index (χ4v) is 4.85. The van der Waals surface area contributed by atoms with E-state index in [1.54, 1.807) is 37.3 Å². The predicted molar refractivity (Wildman–Crippen MR) is 124 cm³/mol. The zero-order valence-electron chi connectivity index (χ0n) is 15.2. The van der Waals surface area contributed by atoms with Gasteiger partial charge in [-0.2, -0.15) is 0 Å². The van der Waals surface area contributed by atoms with E-state index in [2.05, 4.69) is 50.5 Å². The van der Waals surface area contributed by atoms with Crippen molar-refractivity contribution < 1.29 is 24.2 Å². The summed E-state index contributed by atoms with van der Waals surface area (Å²) in [6.07, 6.45) is 1.65. The maximum atomic E-state index is 12.2. The van der Waals surface area contributed by atoms with E-state index in [4.69, 9.17) is 9.84 Å². The Morgan fingerprint density at radius 1 is 1.17 bits per heavy atom. The van der Waals surface area contributed by atoms with Crippen LogP contribution in [0.3, 0.4) is 0 Å². The number of amides is 3. The van der Waals surface area contributed by atoms with Crippen molar-refractivity contribution in [3.8, 4) is 5.75 Å². The van der Waals surface area contributed by atoms with Gasteiger partial charge >= 0.3 is 12.0 Å². The lowest BCUT2D eigenvalue weighted by Crippen LogP contribution is -2.30. The van der Waals surface area contributed by atoms with Gasteiger partial charge in [-0.15, -0.1) is 0 Å². The van der Waals surface area contributed by atoms with E-state index in [0.29, 0.717) is 18.9 Å². The first-order chi connectivity index (χ1) is 13.8. The van der Waals surface area contributed by atoms with Crippen molar-refractivity contribution in [2.75, 3.05) is 6.54 Å². The Morgan fingerprint density at radius 3 is 2.31 bits per heavy atom. The van der Waals surface area contributed by atoms with Crippen LogP contribution in [0.25, 0.3) is 6.08 Å². The number of carboxylic acid groups (broad SMARTS) is 1. The van der Waals surface area contributed by atoms with E-state index < -0.39 is 12.0 Å². The molecule has 1 heterocycles. The molecule has 0 aliphatic carbocycles. The minimum absolute atomic E-state index is 0.227. The quantitative estimate of drug-likeness (QED) is 0.289. The molecule has 1 aliphatic heterocycles. The molecule has 0 saturated carbocycles. The van der Waals surface area contributed by atoms with E-state index in [-0.39, 0.29) is 17.2 Å². The molecule has 0 spiro atoms. The second-order valence-electron chi connectivity index (χ2n) is 6.14. The Hall–Kier alpha value is -2.15. The molecule has 0 atom stereocenters. The Bertz CT molecular complexity index is 995. The monoisotopic (exact) mass is 618 g/mol. The molecule has 1 fully saturated rings. The number of benzene rings is 2. The molecule has 0 bridgehead atoms. The van der Waals surface area contributed by atoms with Crippen molar-refractivity contribution in [1.29, 1.82) is 0 Å². The standard InChI is InChI=1S/C20H16I2N2O5/c1-2-24-18(25)16(23-20(24)28)9-12-7-14(21)17(15(22)8-12)29-10-11-3-5-13(6-4-11)19(26)27/h3-9H,2,10H2,1H3,(H,23,28)(H,26,27)/b16-9+. The number of imide groups is 1. The van der Waals surface area contributed by atoms with E-state index in [1.165, 1.54) is 0 Å². The highest BCUT2D eigenvalue weighted by Gasteiger charge is 2.32. The summed E-state index contributed by atoms with van der Waals surface area (Å²) in [5.41, 5.74) is 2.10. The summed E-state index contributed by atoms with van der Waals surface area (Å²) in [5, 5.41) is 11.5. The number of nitrogens with one attached hydrogen (secondary N) is 1. The van der Waals surface area contributed by atoms with Gasteiger partial charge in [0.25, 0.3) is 5.91 Å². The lowest BCUT2D eigenvalue weighted by atomic mass is 10.1. The molecule has 0 aromatic heterocycles. The molecule has 3 rings (SSSR count). The lowest BCUT2D eigenvalue weighted by molar-refractivity contribution is -0.122. The first kappa shape index (κ1) is 21.6. The van der Waals surface area contributed by atoms with Gasteiger partial charge in [-0.1, -0.05) is 12.1 Å². The maximum Gasteiger partial charge on any atom is 0.335 e. The number of nitrogens with zero attached hydrogens (tertiary/aromatic N) is 1. The zero-order valence-corrected chi connectivity index (χ0v) is 19.6. The average molecular weight is 618 g/mol. The van der Waals surface area contributed by atoms with E-state index in [1.807, 2.05) is 12.1 Å². The Kier molecular flexibility index (Phi) is 6.77. The van der Waals surface area contributed by atoms with Crippen LogP contribution < -0.4 is 10.1 Å². The summed E-state index contributed by atoms with van der Waals surface area (Å²) in [6.45, 7) is 2.36. The third kappa shape index (κ3) is 4.89. The van der Waals surface area contributed by atoms with Crippen molar-refractivity contribution in [3.63, 3.8) is 0 Å². The number of halogens is 2. The van der Waals surface area contributed by atoms with Crippen LogP contribution in [0.5, 0.6) is 5.75 Å². The largest absolute Gasteiger partial charge is 0.487 e. The SMILES string of the molecule is CCN1C(=O)N/C(=C/c2cc(I)c(OCc3ccc(C(=O)O)cc3)c(I)c2)C1=O. The van der Waals surface area contributed by atoms with Crippen LogP contribution in [-0.4, -0.2) is 34.5 Å². The maximum absolute atomic E-state index is 12.2. The first-order valence-corrected chi connectivity index (χ1v) is 10.7. The fraction of sp³-hybridized carbons (Fsp3) is 0.150. The molecule has 29 heavy (non-hydrogen) atoms. The molecule has 9 heteroatoms. The fourth-order valence-electron chi connectivity index (χ4n) is 2.73. The summed E-state index contributed by atoms with van der Waals surface area (Å²) < 4.78 is 7.63. The Balaban J connectivity index is 1.76. The summed E-state index contributed by atoms with van der Waals surface area (Å²) in [7, 11) is 0. The van der Waals surface area contributed by atoms with Gasteiger partial charge in [0, 0.05) is 6.54 Å². The van der Waals surface area contributed by atoms with Crippen LogP contribution in [0.2, 0.25) is 0 Å². The third-order valence-electron chi connectivity index (χ3n) is 4.19. The van der Waals surface area contributed by atoms with Crippen LogP contribution in [-0.2, 0) is 11.4 Å². The number of hydrogen-bond donors (Lipinski definition) is 2. The van der Waals surface area contributed by atoms with Gasteiger partial charge in [-0.3, -0.25) is 9.69 Å². The summed E-state index contributed by atoms with van der Waals surface area (Å²) in [6, 6.07) is 9.84. The number of carbonyl (C=O) groups excluding carboxylic acids is 2. The number of carboxylic acids is 1. The second-order valence-corrected chi connectivity index (χ2v) is 8.47. The highest BCUT2D eigenvalue weighted by molar-refractivity contribution is 14.1. The van der Waals surface area contributed by atoms with Crippen LogP contribution in [0.1, 0.15) is 28.4 Å². The van der Waals surface area contributed by atoms with Crippen LogP contribution >= 0.6 is 45.2 Å². The highest BCUT2D eigenvalue weighted by Crippen LogP contribution is 2.31. The van der Waals surface area contributed by atoms with Crippen molar-refractivity contribution in [3.05, 3.63) is 65.9 Å². The third-order valence-corrected chi connectivity index (χ3v) is 5.80. The number of hydrogen-bond acceptors (Lipinski definition) is 4. The van der Waals surface area contributed by atoms with Crippen molar-refractivity contribution in [1.82, 2.24) is 10.2 Å². The molecule has 0 unspecified atom stereocenters. The molecular formula is C20H16I2N2O5. The Morgan fingerprint density at radius 2 is 1.79 bits per heavy atom. The van der Waals surface area contributed by atoms with Crippen molar-refractivity contribution in [2.24, 2.45) is 0 Å². The van der Waals surface area contributed by atoms with Crippen molar-refractivity contribution in [2.45, 2.75) is 13.5 Å².